The molecule has 1 atom stereocenters. The lowest BCUT2D eigenvalue weighted by Gasteiger charge is -2.30. The molecule has 0 aliphatic carbocycles. The molecule has 10 heteroatoms. The summed E-state index contributed by atoms with van der Waals surface area (Å²) >= 11 is 3.38. The quantitative estimate of drug-likeness (QED) is 0.736. The Labute approximate surface area is 167 Å². The van der Waals surface area contributed by atoms with Crippen LogP contribution in [0.1, 0.15) is 28.5 Å². The van der Waals surface area contributed by atoms with Gasteiger partial charge in [0.25, 0.3) is 5.91 Å². The molecule has 0 saturated heterocycles. The first-order chi connectivity index (χ1) is 13.1. The van der Waals surface area contributed by atoms with E-state index in [-0.39, 0.29) is 12.3 Å². The number of nitrogens with one attached hydrogen (secondary N) is 1. The van der Waals surface area contributed by atoms with E-state index in [4.69, 9.17) is 10.5 Å². The fourth-order valence-electron chi connectivity index (χ4n) is 2.75. The van der Waals surface area contributed by atoms with Crippen LogP contribution in [-0.2, 0) is 16.5 Å². The van der Waals surface area contributed by atoms with E-state index in [0.29, 0.717) is 28.8 Å². The Kier molecular flexibility index (Phi) is 5.44. The van der Waals surface area contributed by atoms with Gasteiger partial charge < -0.3 is 15.8 Å². The number of nitrogens with zero attached hydrogens (tertiary/aromatic N) is 2. The van der Waals surface area contributed by atoms with E-state index < -0.39 is 23.2 Å². The fourth-order valence-corrected chi connectivity index (χ4v) is 3.24. The number of alkyl halides is 3. The maximum absolute atomic E-state index is 12.6. The Morgan fingerprint density at radius 1 is 1.32 bits per heavy atom. The Balaban J connectivity index is 1.84. The van der Waals surface area contributed by atoms with E-state index in [0.717, 1.165) is 17.7 Å². The molecule has 0 fully saturated rings. The lowest BCUT2D eigenvalue weighted by atomic mass is 9.92. The van der Waals surface area contributed by atoms with Crippen LogP contribution in [0.3, 0.4) is 0 Å². The number of hydrogen-bond acceptors (Lipinski definition) is 5. The van der Waals surface area contributed by atoms with Gasteiger partial charge in [0.1, 0.15) is 23.7 Å². The molecule has 148 valence electrons. The second kappa shape index (κ2) is 7.51. The van der Waals surface area contributed by atoms with Gasteiger partial charge in [-0.3, -0.25) is 14.8 Å². The number of ether oxygens (including phenoxy) is 1. The highest BCUT2D eigenvalue weighted by molar-refractivity contribution is 9.10. The summed E-state index contributed by atoms with van der Waals surface area (Å²) < 4.78 is 44.0. The minimum atomic E-state index is -4.51. The SMILES string of the molecule is C[C@@]1(c2cc(Br)cc(NC(=O)c3ccc(C(F)(F)F)cn3)c2)COCC(N)=N1. The van der Waals surface area contributed by atoms with Crippen LogP contribution in [0.5, 0.6) is 0 Å². The van der Waals surface area contributed by atoms with Crippen LogP contribution in [-0.4, -0.2) is 29.9 Å². The first kappa shape index (κ1) is 20.3. The summed E-state index contributed by atoms with van der Waals surface area (Å²) in [5.41, 5.74) is 5.18. The second-order valence-corrected chi connectivity index (χ2v) is 7.40. The van der Waals surface area contributed by atoms with E-state index in [1.807, 2.05) is 13.0 Å². The van der Waals surface area contributed by atoms with Crippen molar-refractivity contribution < 1.29 is 22.7 Å². The molecular weight excluding hydrogens is 441 g/mol. The highest BCUT2D eigenvalue weighted by atomic mass is 79.9. The summed E-state index contributed by atoms with van der Waals surface area (Å²) in [6.07, 6.45) is -3.89. The van der Waals surface area contributed by atoms with Crippen LogP contribution < -0.4 is 11.1 Å². The van der Waals surface area contributed by atoms with Gasteiger partial charge in [0.15, 0.2) is 0 Å². The molecule has 0 bridgehead atoms. The van der Waals surface area contributed by atoms with Crippen LogP contribution in [0.2, 0.25) is 0 Å². The van der Waals surface area contributed by atoms with Gasteiger partial charge >= 0.3 is 6.18 Å². The van der Waals surface area contributed by atoms with Gasteiger partial charge in [0, 0.05) is 16.4 Å². The first-order valence-corrected chi connectivity index (χ1v) is 8.94. The van der Waals surface area contributed by atoms with Crippen molar-refractivity contribution >= 4 is 33.4 Å². The van der Waals surface area contributed by atoms with Crippen molar-refractivity contribution in [2.75, 3.05) is 18.5 Å². The molecule has 6 nitrogen and oxygen atoms in total. The van der Waals surface area contributed by atoms with Crippen molar-refractivity contribution in [1.82, 2.24) is 4.98 Å². The molecule has 0 saturated carbocycles. The monoisotopic (exact) mass is 456 g/mol. The number of halogens is 4. The highest BCUT2D eigenvalue weighted by Crippen LogP contribution is 2.33. The van der Waals surface area contributed by atoms with E-state index in [9.17, 15) is 18.0 Å². The van der Waals surface area contributed by atoms with Gasteiger partial charge in [0.2, 0.25) is 0 Å². The number of pyridine rings is 1. The molecule has 2 aromatic rings. The number of aromatic nitrogens is 1. The van der Waals surface area contributed by atoms with E-state index in [2.05, 4.69) is 31.2 Å². The number of aliphatic imine (C=N–C) groups is 1. The summed E-state index contributed by atoms with van der Waals surface area (Å²) in [6.45, 7) is 2.43. The number of benzene rings is 1. The average Bonchev–Trinajstić information content (AvgIpc) is 2.60. The molecule has 0 radical (unpaired) electrons. The van der Waals surface area contributed by atoms with Gasteiger partial charge in [-0.2, -0.15) is 13.2 Å². The number of rotatable bonds is 3. The molecular formula is C18H16BrF3N4O2. The predicted molar refractivity (Wildman–Crippen MR) is 101 cm³/mol. The van der Waals surface area contributed by atoms with Gasteiger partial charge in [-0.15, -0.1) is 0 Å². The Morgan fingerprint density at radius 2 is 2.07 bits per heavy atom. The molecule has 28 heavy (non-hydrogen) atoms. The highest BCUT2D eigenvalue weighted by Gasteiger charge is 2.32. The van der Waals surface area contributed by atoms with Gasteiger partial charge in [-0.05, 0) is 42.8 Å². The minimum absolute atomic E-state index is 0.135. The van der Waals surface area contributed by atoms with Crippen LogP contribution in [0.15, 0.2) is 46.0 Å². The zero-order valence-corrected chi connectivity index (χ0v) is 16.3. The number of nitrogens with two attached hydrogens (primary N) is 1. The topological polar surface area (TPSA) is 89.6 Å². The zero-order valence-electron chi connectivity index (χ0n) is 14.7. The molecule has 1 amide bonds. The number of hydrogen-bond donors (Lipinski definition) is 2. The zero-order chi connectivity index (χ0) is 20.5. The number of amides is 1. The van der Waals surface area contributed by atoms with Crippen LogP contribution in [0.4, 0.5) is 18.9 Å². The average molecular weight is 457 g/mol. The number of carbonyl (C=O) groups excluding carboxylic acids is 1. The van der Waals surface area contributed by atoms with Crippen molar-refractivity contribution in [1.29, 1.82) is 0 Å². The predicted octanol–water partition coefficient (Wildman–Crippen LogP) is 3.72. The number of carbonyl (C=O) groups is 1. The van der Waals surface area contributed by atoms with Crippen molar-refractivity contribution in [2.24, 2.45) is 10.7 Å². The third kappa shape index (κ3) is 4.50. The molecule has 1 aromatic heterocycles. The molecule has 1 aliphatic rings. The fraction of sp³-hybridized carbons (Fsp3) is 0.278. The lowest BCUT2D eigenvalue weighted by Crippen LogP contribution is -2.37. The summed E-state index contributed by atoms with van der Waals surface area (Å²) in [6, 6.07) is 7.03. The molecule has 3 N–H and O–H groups in total. The maximum atomic E-state index is 12.6. The summed E-state index contributed by atoms with van der Waals surface area (Å²) in [4.78, 5) is 20.4. The van der Waals surface area contributed by atoms with Crippen LogP contribution in [0.25, 0.3) is 0 Å². The Morgan fingerprint density at radius 3 is 2.68 bits per heavy atom. The van der Waals surface area contributed by atoms with E-state index >= 15 is 0 Å². The smallest absolute Gasteiger partial charge is 0.386 e. The lowest BCUT2D eigenvalue weighted by molar-refractivity contribution is -0.137. The normalized spacial score (nSPS) is 19.8. The van der Waals surface area contributed by atoms with Crippen molar-refractivity contribution in [3.05, 3.63) is 57.8 Å². The van der Waals surface area contributed by atoms with Crippen LogP contribution in [0, 0.1) is 0 Å². The number of anilines is 1. The molecule has 0 unspecified atom stereocenters. The summed E-state index contributed by atoms with van der Waals surface area (Å²) in [5, 5.41) is 2.63. The molecule has 0 spiro atoms. The molecule has 1 aromatic carbocycles. The Bertz CT molecular complexity index is 931. The molecule has 2 heterocycles. The standard InChI is InChI=1S/C18H16BrF3N4O2/c1-17(9-28-8-15(23)26-17)11-4-12(19)6-13(5-11)25-16(27)14-3-2-10(7-24-14)18(20,21)22/h2-7H,8-9H2,1H3,(H2,23,26)(H,25,27)/t17-/m0/s1. The number of amidine groups is 1. The van der Waals surface area contributed by atoms with E-state index in [1.54, 1.807) is 12.1 Å². The van der Waals surface area contributed by atoms with Crippen molar-refractivity contribution in [3.63, 3.8) is 0 Å². The first-order valence-electron chi connectivity index (χ1n) is 8.14. The second-order valence-electron chi connectivity index (χ2n) is 6.48. The molecule has 1 aliphatic heterocycles. The third-order valence-electron chi connectivity index (χ3n) is 4.12. The minimum Gasteiger partial charge on any atom is -0.386 e. The maximum Gasteiger partial charge on any atom is 0.417 e. The third-order valence-corrected chi connectivity index (χ3v) is 4.58. The van der Waals surface area contributed by atoms with Crippen molar-refractivity contribution in [3.8, 4) is 0 Å². The Hall–Kier alpha value is -2.46. The van der Waals surface area contributed by atoms with Gasteiger partial charge in [0.05, 0.1) is 12.2 Å². The molecule has 3 rings (SSSR count). The summed E-state index contributed by atoms with van der Waals surface area (Å²) in [5.74, 6) is -0.265. The van der Waals surface area contributed by atoms with Gasteiger partial charge in [-0.25, -0.2) is 0 Å². The van der Waals surface area contributed by atoms with Crippen LogP contribution >= 0.6 is 15.9 Å². The summed E-state index contributed by atoms with van der Waals surface area (Å²) in [7, 11) is 0. The van der Waals surface area contributed by atoms with Gasteiger partial charge in [-0.1, -0.05) is 15.9 Å². The van der Waals surface area contributed by atoms with Crippen molar-refractivity contribution in [2.45, 2.75) is 18.6 Å². The van der Waals surface area contributed by atoms with E-state index in [1.165, 1.54) is 0 Å². The largest absolute Gasteiger partial charge is 0.417 e.